The summed E-state index contributed by atoms with van der Waals surface area (Å²) in [5, 5.41) is 28.1. The SMILES string of the molecule is CC(O)(CO)CNS(=O)(=O)c1cc(C(=O)O)cs1. The third kappa shape index (κ3) is 3.75. The normalized spacial score (nSPS) is 15.3. The Balaban J connectivity index is 2.83. The number of carbonyl (C=O) groups is 1. The molecule has 18 heavy (non-hydrogen) atoms. The van der Waals surface area contributed by atoms with Gasteiger partial charge in [-0.1, -0.05) is 0 Å². The van der Waals surface area contributed by atoms with Crippen molar-refractivity contribution in [2.24, 2.45) is 0 Å². The van der Waals surface area contributed by atoms with Gasteiger partial charge in [0.15, 0.2) is 0 Å². The minimum Gasteiger partial charge on any atom is -0.478 e. The fourth-order valence-electron chi connectivity index (χ4n) is 0.947. The molecule has 1 unspecified atom stereocenters. The molecule has 0 saturated carbocycles. The second kappa shape index (κ2) is 5.33. The van der Waals surface area contributed by atoms with Crippen molar-refractivity contribution in [2.45, 2.75) is 16.7 Å². The molecule has 0 aliphatic heterocycles. The number of rotatable bonds is 6. The van der Waals surface area contributed by atoms with Crippen LogP contribution >= 0.6 is 11.3 Å². The van der Waals surface area contributed by atoms with Gasteiger partial charge in [-0.05, 0) is 13.0 Å². The van der Waals surface area contributed by atoms with Gasteiger partial charge in [-0.25, -0.2) is 17.9 Å². The Morgan fingerprint density at radius 1 is 1.56 bits per heavy atom. The lowest BCUT2D eigenvalue weighted by Gasteiger charge is -2.20. The molecule has 0 aliphatic carbocycles. The van der Waals surface area contributed by atoms with E-state index in [9.17, 15) is 18.3 Å². The molecule has 0 saturated heterocycles. The van der Waals surface area contributed by atoms with Crippen molar-refractivity contribution >= 4 is 27.3 Å². The molecule has 0 aliphatic rings. The van der Waals surface area contributed by atoms with E-state index in [2.05, 4.69) is 4.72 Å². The first kappa shape index (κ1) is 15.1. The summed E-state index contributed by atoms with van der Waals surface area (Å²) >= 11 is 0.768. The van der Waals surface area contributed by atoms with Crippen molar-refractivity contribution in [1.29, 1.82) is 0 Å². The first-order valence-corrected chi connectivity index (χ1v) is 7.19. The number of aromatic carboxylic acids is 1. The number of carboxylic acids is 1. The summed E-state index contributed by atoms with van der Waals surface area (Å²) in [6.07, 6.45) is 0. The number of aliphatic hydroxyl groups excluding tert-OH is 1. The molecule has 0 bridgehead atoms. The first-order chi connectivity index (χ1) is 8.18. The monoisotopic (exact) mass is 295 g/mol. The zero-order valence-corrected chi connectivity index (χ0v) is 11.1. The van der Waals surface area contributed by atoms with Gasteiger partial charge in [0.2, 0.25) is 10.0 Å². The van der Waals surface area contributed by atoms with Crippen LogP contribution in [0.5, 0.6) is 0 Å². The molecule has 1 rings (SSSR count). The molecule has 1 heterocycles. The van der Waals surface area contributed by atoms with Gasteiger partial charge < -0.3 is 15.3 Å². The Morgan fingerprint density at radius 2 is 2.17 bits per heavy atom. The minimum atomic E-state index is -3.88. The molecular formula is C9H13NO6S2. The first-order valence-electron chi connectivity index (χ1n) is 4.83. The van der Waals surface area contributed by atoms with Gasteiger partial charge in [-0.15, -0.1) is 11.3 Å². The molecule has 1 atom stereocenters. The predicted octanol–water partition coefficient (Wildman–Crippen LogP) is -0.532. The minimum absolute atomic E-state index is 0.116. The lowest BCUT2D eigenvalue weighted by Crippen LogP contribution is -2.43. The fraction of sp³-hybridized carbons (Fsp3) is 0.444. The summed E-state index contributed by atoms with van der Waals surface area (Å²) in [5.74, 6) is -1.21. The van der Waals surface area contributed by atoms with Gasteiger partial charge in [-0.2, -0.15) is 0 Å². The van der Waals surface area contributed by atoms with Crippen molar-refractivity contribution < 1.29 is 28.5 Å². The predicted molar refractivity (Wildman–Crippen MR) is 64.2 cm³/mol. The molecule has 1 aromatic heterocycles. The highest BCUT2D eigenvalue weighted by atomic mass is 32.2. The number of nitrogens with one attached hydrogen (secondary N) is 1. The van der Waals surface area contributed by atoms with E-state index < -0.39 is 28.2 Å². The standard InChI is InChI=1S/C9H13NO6S2/c1-9(14,5-11)4-10-18(15,16)7-2-6(3-17-7)8(12)13/h2-3,10-11,14H,4-5H2,1H3,(H,12,13). The van der Waals surface area contributed by atoms with Crippen molar-refractivity contribution in [3.63, 3.8) is 0 Å². The summed E-state index contributed by atoms with van der Waals surface area (Å²) in [5.41, 5.74) is -1.69. The number of thiophene rings is 1. The second-order valence-corrected chi connectivity index (χ2v) is 6.84. The smallest absolute Gasteiger partial charge is 0.336 e. The zero-order chi connectivity index (χ0) is 14.0. The maximum absolute atomic E-state index is 11.7. The van der Waals surface area contributed by atoms with Gasteiger partial charge in [-0.3, -0.25) is 0 Å². The molecule has 0 fully saturated rings. The van der Waals surface area contributed by atoms with Crippen LogP contribution in [0, 0.1) is 0 Å². The van der Waals surface area contributed by atoms with Crippen LogP contribution in [-0.2, 0) is 10.0 Å². The summed E-state index contributed by atoms with van der Waals surface area (Å²) in [6, 6.07) is 1.03. The van der Waals surface area contributed by atoms with Crippen LogP contribution in [0.4, 0.5) is 0 Å². The van der Waals surface area contributed by atoms with Crippen LogP contribution in [0.25, 0.3) is 0 Å². The highest BCUT2D eigenvalue weighted by molar-refractivity contribution is 7.91. The maximum atomic E-state index is 11.7. The lowest BCUT2D eigenvalue weighted by molar-refractivity contribution is 0.00682. The third-order valence-electron chi connectivity index (χ3n) is 2.07. The second-order valence-electron chi connectivity index (χ2n) is 3.94. The maximum Gasteiger partial charge on any atom is 0.336 e. The van der Waals surface area contributed by atoms with E-state index in [1.54, 1.807) is 0 Å². The zero-order valence-electron chi connectivity index (χ0n) is 9.45. The van der Waals surface area contributed by atoms with Crippen LogP contribution in [0.2, 0.25) is 0 Å². The molecule has 0 amide bonds. The van der Waals surface area contributed by atoms with E-state index in [0.717, 1.165) is 17.4 Å². The average molecular weight is 295 g/mol. The van der Waals surface area contributed by atoms with Crippen LogP contribution in [0.3, 0.4) is 0 Å². The quantitative estimate of drug-likeness (QED) is 0.559. The Morgan fingerprint density at radius 3 is 2.61 bits per heavy atom. The van der Waals surface area contributed by atoms with E-state index in [0.29, 0.717) is 0 Å². The Hall–Kier alpha value is -1.00. The van der Waals surface area contributed by atoms with Crippen LogP contribution in [0.1, 0.15) is 17.3 Å². The summed E-state index contributed by atoms with van der Waals surface area (Å²) in [6.45, 7) is 0.305. The number of hydrogen-bond donors (Lipinski definition) is 4. The van der Waals surface area contributed by atoms with E-state index in [1.165, 1.54) is 12.3 Å². The van der Waals surface area contributed by atoms with Gasteiger partial charge >= 0.3 is 5.97 Å². The van der Waals surface area contributed by atoms with Crippen LogP contribution < -0.4 is 4.72 Å². The summed E-state index contributed by atoms with van der Waals surface area (Å²) in [4.78, 5) is 10.6. The fourth-order valence-corrected chi connectivity index (χ4v) is 3.31. The Labute approximate surface area is 108 Å². The van der Waals surface area contributed by atoms with Gasteiger partial charge in [0.1, 0.15) is 4.21 Å². The third-order valence-corrected chi connectivity index (χ3v) is 4.91. The van der Waals surface area contributed by atoms with Crippen LogP contribution in [0.15, 0.2) is 15.7 Å². The summed E-state index contributed by atoms with van der Waals surface area (Å²) in [7, 11) is -3.88. The van der Waals surface area contributed by atoms with E-state index in [-0.39, 0.29) is 16.3 Å². The Bertz CT molecular complexity index is 533. The topological polar surface area (TPSA) is 124 Å². The molecular weight excluding hydrogens is 282 g/mol. The number of carboxylic acid groups (broad SMARTS) is 1. The highest BCUT2D eigenvalue weighted by Crippen LogP contribution is 2.20. The lowest BCUT2D eigenvalue weighted by atomic mass is 10.1. The van der Waals surface area contributed by atoms with E-state index >= 15 is 0 Å². The van der Waals surface area contributed by atoms with E-state index in [4.69, 9.17) is 10.2 Å². The highest BCUT2D eigenvalue weighted by Gasteiger charge is 2.24. The molecule has 0 spiro atoms. The number of hydrogen-bond acceptors (Lipinski definition) is 6. The molecule has 0 aromatic carbocycles. The average Bonchev–Trinajstić information content (AvgIpc) is 2.77. The summed E-state index contributed by atoms with van der Waals surface area (Å²) < 4.78 is 25.4. The largest absolute Gasteiger partial charge is 0.478 e. The van der Waals surface area contributed by atoms with Crippen LogP contribution in [-0.4, -0.2) is 48.5 Å². The molecule has 4 N–H and O–H groups in total. The molecule has 0 radical (unpaired) electrons. The number of sulfonamides is 1. The molecule has 1 aromatic rings. The molecule has 9 heteroatoms. The van der Waals surface area contributed by atoms with Gasteiger partial charge in [0.25, 0.3) is 0 Å². The van der Waals surface area contributed by atoms with Gasteiger partial charge in [0, 0.05) is 11.9 Å². The van der Waals surface area contributed by atoms with E-state index in [1.807, 2.05) is 0 Å². The number of aliphatic hydroxyl groups is 2. The Kier molecular flexibility index (Phi) is 4.46. The van der Waals surface area contributed by atoms with Crippen molar-refractivity contribution in [3.05, 3.63) is 17.0 Å². The molecule has 7 nitrogen and oxygen atoms in total. The van der Waals surface area contributed by atoms with Gasteiger partial charge in [0.05, 0.1) is 17.8 Å². The van der Waals surface area contributed by atoms with Crippen molar-refractivity contribution in [3.8, 4) is 0 Å². The van der Waals surface area contributed by atoms with Crippen molar-refractivity contribution in [2.75, 3.05) is 13.2 Å². The molecule has 102 valence electrons. The van der Waals surface area contributed by atoms with Crippen molar-refractivity contribution in [1.82, 2.24) is 4.72 Å².